The van der Waals surface area contributed by atoms with Crippen molar-refractivity contribution in [1.29, 1.82) is 0 Å². The summed E-state index contributed by atoms with van der Waals surface area (Å²) in [5.74, 6) is -2.70. The normalized spacial score (nSPS) is 10.2. The van der Waals surface area contributed by atoms with E-state index in [2.05, 4.69) is 36.6 Å². The van der Waals surface area contributed by atoms with Gasteiger partial charge in [0.25, 0.3) is 0 Å². The topological polar surface area (TPSA) is 26.3 Å². The van der Waals surface area contributed by atoms with Crippen molar-refractivity contribution < 1.29 is 18.3 Å². The zero-order chi connectivity index (χ0) is 11.6. The summed E-state index contributed by atoms with van der Waals surface area (Å²) < 4.78 is 31.2. The van der Waals surface area contributed by atoms with E-state index < -0.39 is 17.6 Å². The molecule has 82 valence electrons. The molecule has 0 aliphatic rings. The summed E-state index contributed by atoms with van der Waals surface area (Å²) in [6.45, 7) is 0. The molecule has 15 heavy (non-hydrogen) atoms. The van der Waals surface area contributed by atoms with Crippen molar-refractivity contribution in [1.82, 2.24) is 0 Å². The van der Waals surface area contributed by atoms with Gasteiger partial charge in [0, 0.05) is 10.0 Å². The van der Waals surface area contributed by atoms with Crippen LogP contribution >= 0.6 is 31.9 Å². The maximum atomic E-state index is 13.4. The van der Waals surface area contributed by atoms with Gasteiger partial charge < -0.3 is 4.74 Å². The van der Waals surface area contributed by atoms with Crippen molar-refractivity contribution in [2.24, 2.45) is 0 Å². The molecule has 2 nitrogen and oxygen atoms in total. The van der Waals surface area contributed by atoms with Crippen LogP contribution in [0.25, 0.3) is 0 Å². The van der Waals surface area contributed by atoms with Crippen LogP contribution in [-0.2, 0) is 16.0 Å². The maximum Gasteiger partial charge on any atom is 0.310 e. The molecule has 0 aliphatic heterocycles. The molecule has 1 aromatic carbocycles. The molecule has 1 rings (SSSR count). The molecule has 0 atom stereocenters. The second kappa shape index (κ2) is 5.03. The highest BCUT2D eigenvalue weighted by Crippen LogP contribution is 2.29. The summed E-state index contributed by atoms with van der Waals surface area (Å²) in [6.07, 6.45) is -0.312. The first-order valence-electron chi connectivity index (χ1n) is 3.86. The van der Waals surface area contributed by atoms with E-state index in [9.17, 15) is 13.6 Å². The lowest BCUT2D eigenvalue weighted by atomic mass is 10.1. The standard InChI is InChI=1S/C9H6Br2F2O2/c1-15-7(14)2-4-5(10)3-6(11)9(13)8(4)12/h3H,2H2,1H3. The van der Waals surface area contributed by atoms with Crippen molar-refractivity contribution in [3.63, 3.8) is 0 Å². The fourth-order valence-electron chi connectivity index (χ4n) is 0.982. The van der Waals surface area contributed by atoms with Gasteiger partial charge in [-0.1, -0.05) is 15.9 Å². The van der Waals surface area contributed by atoms with Crippen LogP contribution in [-0.4, -0.2) is 13.1 Å². The molecule has 0 saturated heterocycles. The van der Waals surface area contributed by atoms with E-state index in [0.29, 0.717) is 4.47 Å². The van der Waals surface area contributed by atoms with E-state index in [4.69, 9.17) is 0 Å². The van der Waals surface area contributed by atoms with Crippen LogP contribution in [0.15, 0.2) is 15.0 Å². The molecule has 0 N–H and O–H groups in total. The Kier molecular flexibility index (Phi) is 4.21. The van der Waals surface area contributed by atoms with E-state index in [0.717, 1.165) is 0 Å². The summed E-state index contributed by atoms with van der Waals surface area (Å²) in [4.78, 5) is 10.9. The Labute approximate surface area is 102 Å². The number of ether oxygens (including phenoxy) is 1. The molecular weight excluding hydrogens is 338 g/mol. The summed E-state index contributed by atoms with van der Waals surface area (Å²) in [5.41, 5.74) is -0.0532. The first-order chi connectivity index (χ1) is 6.97. The molecule has 6 heteroatoms. The maximum absolute atomic E-state index is 13.4. The number of benzene rings is 1. The second-order valence-corrected chi connectivity index (χ2v) is 4.41. The van der Waals surface area contributed by atoms with Crippen molar-refractivity contribution in [3.05, 3.63) is 32.2 Å². The van der Waals surface area contributed by atoms with Gasteiger partial charge in [0.1, 0.15) is 0 Å². The average Bonchev–Trinajstić information content (AvgIpc) is 2.21. The Bertz CT molecular complexity index is 408. The van der Waals surface area contributed by atoms with Gasteiger partial charge in [-0.25, -0.2) is 8.78 Å². The molecule has 0 bridgehead atoms. The Morgan fingerprint density at radius 1 is 1.33 bits per heavy atom. The summed E-state index contributed by atoms with van der Waals surface area (Å²) in [6, 6.07) is 1.34. The third kappa shape index (κ3) is 2.75. The minimum atomic E-state index is -1.05. The number of esters is 1. The van der Waals surface area contributed by atoms with Crippen LogP contribution in [0.3, 0.4) is 0 Å². The number of methoxy groups -OCH3 is 1. The number of hydrogen-bond acceptors (Lipinski definition) is 2. The van der Waals surface area contributed by atoms with Crippen LogP contribution in [0.2, 0.25) is 0 Å². The van der Waals surface area contributed by atoms with E-state index in [1.807, 2.05) is 0 Å². The van der Waals surface area contributed by atoms with Crippen LogP contribution in [0.5, 0.6) is 0 Å². The molecule has 0 fully saturated rings. The predicted molar refractivity (Wildman–Crippen MR) is 57.5 cm³/mol. The van der Waals surface area contributed by atoms with Crippen LogP contribution in [0.4, 0.5) is 8.78 Å². The van der Waals surface area contributed by atoms with Crippen LogP contribution in [0, 0.1) is 11.6 Å². The van der Waals surface area contributed by atoms with E-state index in [1.54, 1.807) is 0 Å². The van der Waals surface area contributed by atoms with Crippen molar-refractivity contribution in [2.75, 3.05) is 7.11 Å². The summed E-state index contributed by atoms with van der Waals surface area (Å²) in [7, 11) is 1.18. The lowest BCUT2D eigenvalue weighted by Gasteiger charge is -2.07. The van der Waals surface area contributed by atoms with E-state index in [1.165, 1.54) is 13.2 Å². The fraction of sp³-hybridized carbons (Fsp3) is 0.222. The van der Waals surface area contributed by atoms with Crippen LogP contribution in [0.1, 0.15) is 5.56 Å². The van der Waals surface area contributed by atoms with Gasteiger partial charge in [-0.3, -0.25) is 4.79 Å². The van der Waals surface area contributed by atoms with Crippen molar-refractivity contribution in [3.8, 4) is 0 Å². The van der Waals surface area contributed by atoms with Gasteiger partial charge in [0.05, 0.1) is 18.0 Å². The molecule has 0 spiro atoms. The first-order valence-corrected chi connectivity index (χ1v) is 5.44. The summed E-state index contributed by atoms with van der Waals surface area (Å²) >= 11 is 5.90. The summed E-state index contributed by atoms with van der Waals surface area (Å²) in [5, 5.41) is 0. The Hall–Kier alpha value is -0.490. The van der Waals surface area contributed by atoms with Gasteiger partial charge in [-0.2, -0.15) is 0 Å². The molecule has 0 radical (unpaired) electrons. The predicted octanol–water partition coefficient (Wildman–Crippen LogP) is 3.21. The number of rotatable bonds is 2. The largest absolute Gasteiger partial charge is 0.469 e. The third-order valence-electron chi connectivity index (χ3n) is 1.76. The fourth-order valence-corrected chi connectivity index (χ4v) is 2.24. The Morgan fingerprint density at radius 2 is 1.93 bits per heavy atom. The van der Waals surface area contributed by atoms with Crippen molar-refractivity contribution in [2.45, 2.75) is 6.42 Å². The molecular formula is C9H6Br2F2O2. The minimum absolute atomic E-state index is 0.000454. The molecule has 0 aromatic heterocycles. The second-order valence-electron chi connectivity index (χ2n) is 2.70. The molecule has 0 amide bonds. The van der Waals surface area contributed by atoms with Gasteiger partial charge in [0.15, 0.2) is 11.6 Å². The monoisotopic (exact) mass is 342 g/mol. The highest BCUT2D eigenvalue weighted by molar-refractivity contribution is 9.11. The number of halogens is 4. The van der Waals surface area contributed by atoms with Gasteiger partial charge >= 0.3 is 5.97 Å². The number of carbonyl (C=O) groups is 1. The van der Waals surface area contributed by atoms with E-state index in [-0.39, 0.29) is 16.5 Å². The average molecular weight is 344 g/mol. The molecule has 0 aliphatic carbocycles. The third-order valence-corrected chi connectivity index (χ3v) is 3.04. The Morgan fingerprint density at radius 3 is 2.47 bits per heavy atom. The van der Waals surface area contributed by atoms with Gasteiger partial charge in [0.2, 0.25) is 0 Å². The molecule has 0 unspecified atom stereocenters. The van der Waals surface area contributed by atoms with Gasteiger partial charge in [-0.15, -0.1) is 0 Å². The SMILES string of the molecule is COC(=O)Cc1c(Br)cc(Br)c(F)c1F. The minimum Gasteiger partial charge on any atom is -0.469 e. The quantitative estimate of drug-likeness (QED) is 0.468. The molecule has 1 aromatic rings. The zero-order valence-electron chi connectivity index (χ0n) is 7.61. The molecule has 0 saturated carbocycles. The number of carbonyl (C=O) groups excluding carboxylic acids is 1. The lowest BCUT2D eigenvalue weighted by Crippen LogP contribution is -2.08. The van der Waals surface area contributed by atoms with Gasteiger partial charge in [-0.05, 0) is 22.0 Å². The molecule has 0 heterocycles. The lowest BCUT2D eigenvalue weighted by molar-refractivity contribution is -0.139. The first kappa shape index (κ1) is 12.6. The Balaban J connectivity index is 3.18. The highest BCUT2D eigenvalue weighted by atomic mass is 79.9. The highest BCUT2D eigenvalue weighted by Gasteiger charge is 2.18. The van der Waals surface area contributed by atoms with Crippen molar-refractivity contribution >= 4 is 37.8 Å². The smallest absolute Gasteiger partial charge is 0.310 e. The van der Waals surface area contributed by atoms with E-state index >= 15 is 0 Å². The zero-order valence-corrected chi connectivity index (χ0v) is 10.8. The van der Waals surface area contributed by atoms with Crippen LogP contribution < -0.4 is 0 Å². The number of hydrogen-bond donors (Lipinski definition) is 0.